The third kappa shape index (κ3) is 3.45. The lowest BCUT2D eigenvalue weighted by Crippen LogP contribution is -2.19. The van der Waals surface area contributed by atoms with E-state index < -0.39 is 0 Å². The molecule has 0 saturated carbocycles. The van der Waals surface area contributed by atoms with Crippen molar-refractivity contribution in [3.05, 3.63) is 47.8 Å². The standard InChI is InChI=1S/C14H18N4/c1-10(8-12-6-4-3-5-7-12)16-14-9-13(15)17-11(2)18-14/h3-7,9-10H,8H2,1-2H3,(H3,15,16,17,18). The normalized spacial score (nSPS) is 12.1. The lowest BCUT2D eigenvalue weighted by molar-refractivity contribution is 0.782. The highest BCUT2D eigenvalue weighted by Gasteiger charge is 2.05. The zero-order valence-electron chi connectivity index (χ0n) is 10.7. The monoisotopic (exact) mass is 242 g/mol. The minimum Gasteiger partial charge on any atom is -0.384 e. The van der Waals surface area contributed by atoms with Crippen LogP contribution in [0.3, 0.4) is 0 Å². The Labute approximate surface area is 107 Å². The van der Waals surface area contributed by atoms with Crippen LogP contribution in [-0.2, 0) is 6.42 Å². The molecular weight excluding hydrogens is 224 g/mol. The molecule has 94 valence electrons. The number of nitrogen functional groups attached to an aromatic ring is 1. The van der Waals surface area contributed by atoms with Gasteiger partial charge in [-0.1, -0.05) is 30.3 Å². The van der Waals surface area contributed by atoms with Crippen LogP contribution in [0.2, 0.25) is 0 Å². The molecule has 0 aliphatic rings. The maximum absolute atomic E-state index is 5.70. The fourth-order valence-electron chi connectivity index (χ4n) is 1.94. The molecule has 0 saturated heterocycles. The second-order valence-electron chi connectivity index (χ2n) is 4.46. The number of nitrogens with two attached hydrogens (primary N) is 1. The third-order valence-corrected chi connectivity index (χ3v) is 2.64. The van der Waals surface area contributed by atoms with Gasteiger partial charge in [0.05, 0.1) is 0 Å². The Balaban J connectivity index is 2.01. The van der Waals surface area contributed by atoms with Gasteiger partial charge in [-0.3, -0.25) is 0 Å². The van der Waals surface area contributed by atoms with Gasteiger partial charge in [-0.25, -0.2) is 9.97 Å². The number of aryl methyl sites for hydroxylation is 1. The number of benzene rings is 1. The van der Waals surface area contributed by atoms with Crippen molar-refractivity contribution in [1.82, 2.24) is 9.97 Å². The second-order valence-corrected chi connectivity index (χ2v) is 4.46. The van der Waals surface area contributed by atoms with Crippen molar-refractivity contribution in [2.75, 3.05) is 11.1 Å². The first-order valence-corrected chi connectivity index (χ1v) is 6.05. The van der Waals surface area contributed by atoms with Crippen LogP contribution in [-0.4, -0.2) is 16.0 Å². The van der Waals surface area contributed by atoms with Crippen LogP contribution in [0.4, 0.5) is 11.6 Å². The Morgan fingerprint density at radius 1 is 1.22 bits per heavy atom. The highest BCUT2D eigenvalue weighted by Crippen LogP contribution is 2.11. The predicted molar refractivity (Wildman–Crippen MR) is 74.4 cm³/mol. The molecule has 3 N–H and O–H groups in total. The van der Waals surface area contributed by atoms with Crippen molar-refractivity contribution in [2.24, 2.45) is 0 Å². The van der Waals surface area contributed by atoms with Gasteiger partial charge in [0.1, 0.15) is 17.5 Å². The predicted octanol–water partition coefficient (Wildman–Crippen LogP) is 2.41. The van der Waals surface area contributed by atoms with E-state index in [2.05, 4.69) is 46.5 Å². The molecule has 0 aliphatic carbocycles. The number of hydrogen-bond donors (Lipinski definition) is 2. The number of rotatable bonds is 4. The van der Waals surface area contributed by atoms with Crippen LogP contribution in [0.1, 0.15) is 18.3 Å². The molecule has 2 rings (SSSR count). The van der Waals surface area contributed by atoms with Crippen LogP contribution >= 0.6 is 0 Å². The van der Waals surface area contributed by atoms with E-state index in [4.69, 9.17) is 5.73 Å². The highest BCUT2D eigenvalue weighted by molar-refractivity contribution is 5.45. The molecule has 1 aromatic carbocycles. The van der Waals surface area contributed by atoms with E-state index in [1.807, 2.05) is 13.0 Å². The van der Waals surface area contributed by atoms with Gasteiger partial charge in [0.25, 0.3) is 0 Å². The molecule has 1 atom stereocenters. The highest BCUT2D eigenvalue weighted by atomic mass is 15.1. The van der Waals surface area contributed by atoms with Gasteiger partial charge < -0.3 is 11.1 Å². The minimum atomic E-state index is 0.293. The summed E-state index contributed by atoms with van der Waals surface area (Å²) in [6.07, 6.45) is 0.948. The first-order valence-electron chi connectivity index (χ1n) is 6.05. The number of nitrogens with one attached hydrogen (secondary N) is 1. The Hall–Kier alpha value is -2.10. The first kappa shape index (κ1) is 12.4. The maximum atomic E-state index is 5.70. The van der Waals surface area contributed by atoms with Gasteiger partial charge in [0, 0.05) is 12.1 Å². The van der Waals surface area contributed by atoms with E-state index in [-0.39, 0.29) is 0 Å². The molecule has 1 aromatic heterocycles. The average molecular weight is 242 g/mol. The largest absolute Gasteiger partial charge is 0.384 e. The van der Waals surface area contributed by atoms with Crippen molar-refractivity contribution in [2.45, 2.75) is 26.3 Å². The molecule has 2 aromatic rings. The smallest absolute Gasteiger partial charge is 0.132 e. The number of nitrogens with zero attached hydrogens (tertiary/aromatic N) is 2. The third-order valence-electron chi connectivity index (χ3n) is 2.64. The Bertz CT molecular complexity index is 490. The molecule has 0 aliphatic heterocycles. The molecule has 1 unspecified atom stereocenters. The quantitative estimate of drug-likeness (QED) is 0.864. The van der Waals surface area contributed by atoms with Crippen LogP contribution in [0.25, 0.3) is 0 Å². The van der Waals surface area contributed by atoms with Crippen LogP contribution in [0.15, 0.2) is 36.4 Å². The van der Waals surface area contributed by atoms with Crippen LogP contribution < -0.4 is 11.1 Å². The zero-order valence-corrected chi connectivity index (χ0v) is 10.7. The summed E-state index contributed by atoms with van der Waals surface area (Å²) in [5, 5.41) is 3.34. The molecular formula is C14H18N4. The Morgan fingerprint density at radius 2 is 1.94 bits per heavy atom. The first-order chi connectivity index (χ1) is 8.63. The lowest BCUT2D eigenvalue weighted by atomic mass is 10.1. The number of hydrogen-bond acceptors (Lipinski definition) is 4. The van der Waals surface area contributed by atoms with E-state index >= 15 is 0 Å². The molecule has 4 heteroatoms. The second kappa shape index (κ2) is 5.49. The fourth-order valence-corrected chi connectivity index (χ4v) is 1.94. The van der Waals surface area contributed by atoms with E-state index in [9.17, 15) is 0 Å². The van der Waals surface area contributed by atoms with Gasteiger partial charge in [0.15, 0.2) is 0 Å². The van der Waals surface area contributed by atoms with E-state index in [0.717, 1.165) is 12.2 Å². The lowest BCUT2D eigenvalue weighted by Gasteiger charge is -2.15. The fraction of sp³-hybridized carbons (Fsp3) is 0.286. The molecule has 0 spiro atoms. The molecule has 1 heterocycles. The molecule has 0 radical (unpaired) electrons. The van der Waals surface area contributed by atoms with Gasteiger partial charge >= 0.3 is 0 Å². The molecule has 0 fully saturated rings. The summed E-state index contributed by atoms with van der Waals surface area (Å²) in [5.41, 5.74) is 7.00. The number of anilines is 2. The summed E-state index contributed by atoms with van der Waals surface area (Å²) in [6.45, 7) is 3.96. The maximum Gasteiger partial charge on any atom is 0.132 e. The van der Waals surface area contributed by atoms with E-state index in [1.165, 1.54) is 5.56 Å². The summed E-state index contributed by atoms with van der Waals surface area (Å²) in [7, 11) is 0. The van der Waals surface area contributed by atoms with Crippen LogP contribution in [0, 0.1) is 6.92 Å². The number of aromatic nitrogens is 2. The Morgan fingerprint density at radius 3 is 2.61 bits per heavy atom. The Kier molecular flexibility index (Phi) is 3.77. The van der Waals surface area contributed by atoms with Gasteiger partial charge in [-0.15, -0.1) is 0 Å². The van der Waals surface area contributed by atoms with Gasteiger partial charge in [0.2, 0.25) is 0 Å². The summed E-state index contributed by atoms with van der Waals surface area (Å²) in [6, 6.07) is 12.4. The van der Waals surface area contributed by atoms with Crippen molar-refractivity contribution in [3.8, 4) is 0 Å². The van der Waals surface area contributed by atoms with Crippen molar-refractivity contribution in [1.29, 1.82) is 0 Å². The average Bonchev–Trinajstić information content (AvgIpc) is 2.28. The van der Waals surface area contributed by atoms with E-state index in [1.54, 1.807) is 6.07 Å². The molecule has 0 bridgehead atoms. The molecule has 18 heavy (non-hydrogen) atoms. The summed E-state index contributed by atoms with van der Waals surface area (Å²) >= 11 is 0. The zero-order chi connectivity index (χ0) is 13.0. The molecule has 0 amide bonds. The summed E-state index contributed by atoms with van der Waals surface area (Å²) < 4.78 is 0. The van der Waals surface area contributed by atoms with E-state index in [0.29, 0.717) is 17.7 Å². The van der Waals surface area contributed by atoms with Gasteiger partial charge in [-0.2, -0.15) is 0 Å². The van der Waals surface area contributed by atoms with Gasteiger partial charge in [-0.05, 0) is 25.8 Å². The summed E-state index contributed by atoms with van der Waals surface area (Å²) in [4.78, 5) is 8.37. The minimum absolute atomic E-state index is 0.293. The topological polar surface area (TPSA) is 63.8 Å². The van der Waals surface area contributed by atoms with Crippen molar-refractivity contribution >= 4 is 11.6 Å². The SMILES string of the molecule is Cc1nc(N)cc(NC(C)Cc2ccccc2)n1. The summed E-state index contributed by atoms with van der Waals surface area (Å²) in [5.74, 6) is 1.96. The van der Waals surface area contributed by atoms with Crippen LogP contribution in [0.5, 0.6) is 0 Å². The molecule has 4 nitrogen and oxygen atoms in total. The van der Waals surface area contributed by atoms with Crippen molar-refractivity contribution < 1.29 is 0 Å². The van der Waals surface area contributed by atoms with Crippen molar-refractivity contribution in [3.63, 3.8) is 0 Å².